The van der Waals surface area contributed by atoms with Crippen LogP contribution in [0.5, 0.6) is 0 Å². The minimum absolute atomic E-state index is 0.154. The van der Waals surface area contributed by atoms with Gasteiger partial charge in [0.15, 0.2) is 0 Å². The van der Waals surface area contributed by atoms with E-state index in [1.807, 2.05) is 19.1 Å². The van der Waals surface area contributed by atoms with Crippen molar-refractivity contribution in [3.63, 3.8) is 0 Å². The van der Waals surface area contributed by atoms with Gasteiger partial charge in [-0.1, -0.05) is 56.2 Å². The molecule has 1 aromatic carbocycles. The third-order valence-electron chi connectivity index (χ3n) is 3.27. The van der Waals surface area contributed by atoms with E-state index in [0.717, 1.165) is 24.8 Å². The topological polar surface area (TPSA) is 37.4 Å². The van der Waals surface area contributed by atoms with Crippen LogP contribution in [0.25, 0.3) is 0 Å². The number of halogens is 2. The number of sulfonamides is 1. The molecule has 1 heterocycles. The zero-order valence-corrected chi connectivity index (χ0v) is 15.3. The van der Waals surface area contributed by atoms with Crippen molar-refractivity contribution in [2.75, 3.05) is 13.1 Å². The molecule has 19 heavy (non-hydrogen) atoms. The van der Waals surface area contributed by atoms with Crippen LogP contribution in [0.3, 0.4) is 0 Å². The zero-order chi connectivity index (χ0) is 14.1. The van der Waals surface area contributed by atoms with Crippen molar-refractivity contribution in [3.8, 4) is 0 Å². The molecule has 0 radical (unpaired) electrons. The monoisotopic (exact) mass is 457 g/mol. The first kappa shape index (κ1) is 15.7. The lowest BCUT2D eigenvalue weighted by Gasteiger charge is -2.26. The molecule has 0 bridgehead atoms. The summed E-state index contributed by atoms with van der Waals surface area (Å²) in [6.07, 6.45) is 2.96. The Morgan fingerprint density at radius 3 is 2.53 bits per heavy atom. The average Bonchev–Trinajstić information content (AvgIpc) is 2.51. The fraction of sp³-hybridized carbons (Fsp3) is 0.538. The molecule has 1 fully saturated rings. The Labute approximate surface area is 137 Å². The van der Waals surface area contributed by atoms with E-state index < -0.39 is 10.0 Å². The van der Waals surface area contributed by atoms with Gasteiger partial charge in [-0.25, -0.2) is 8.42 Å². The van der Waals surface area contributed by atoms with Crippen LogP contribution in [-0.4, -0.2) is 28.1 Å². The standard InChI is InChI=1S/C13H17BrINO2S/c1-11-4-6-12(7-5-11)19(17,18)16-9-3-2-8-13(14,15)10-16/h4-7H,2-3,8-10H2,1H3. The zero-order valence-electron chi connectivity index (χ0n) is 10.8. The molecule has 2 rings (SSSR count). The highest BCUT2D eigenvalue weighted by Crippen LogP contribution is 2.37. The molecule has 1 unspecified atom stereocenters. The number of hydrogen-bond acceptors (Lipinski definition) is 2. The third kappa shape index (κ3) is 3.92. The van der Waals surface area contributed by atoms with Gasteiger partial charge in [-0.2, -0.15) is 4.31 Å². The van der Waals surface area contributed by atoms with Crippen LogP contribution >= 0.6 is 38.5 Å². The lowest BCUT2D eigenvalue weighted by Crippen LogP contribution is -2.37. The van der Waals surface area contributed by atoms with Crippen molar-refractivity contribution in [2.24, 2.45) is 0 Å². The number of alkyl halides is 2. The quantitative estimate of drug-likeness (QED) is 0.501. The van der Waals surface area contributed by atoms with Gasteiger partial charge in [0.05, 0.1) is 7.23 Å². The molecular weight excluding hydrogens is 441 g/mol. The van der Waals surface area contributed by atoms with Crippen LogP contribution in [0, 0.1) is 6.92 Å². The molecular formula is C13H17BrINO2S. The predicted molar refractivity (Wildman–Crippen MR) is 89.5 cm³/mol. The lowest BCUT2D eigenvalue weighted by molar-refractivity contribution is 0.425. The van der Waals surface area contributed by atoms with Crippen molar-refractivity contribution >= 4 is 48.5 Å². The summed E-state index contributed by atoms with van der Waals surface area (Å²) >= 11 is 5.95. The second-order valence-electron chi connectivity index (χ2n) is 4.96. The van der Waals surface area contributed by atoms with Gasteiger partial charge < -0.3 is 0 Å². The first-order chi connectivity index (χ1) is 8.81. The minimum atomic E-state index is -3.37. The summed E-state index contributed by atoms with van der Waals surface area (Å²) < 4.78 is 26.7. The van der Waals surface area contributed by atoms with E-state index in [4.69, 9.17) is 0 Å². The smallest absolute Gasteiger partial charge is 0.207 e. The van der Waals surface area contributed by atoms with Crippen LogP contribution in [0.4, 0.5) is 0 Å². The van der Waals surface area contributed by atoms with Crippen molar-refractivity contribution in [3.05, 3.63) is 29.8 Å². The fourth-order valence-electron chi connectivity index (χ4n) is 2.15. The summed E-state index contributed by atoms with van der Waals surface area (Å²) in [4.78, 5) is 0.389. The van der Waals surface area contributed by atoms with E-state index in [0.29, 0.717) is 18.0 Å². The maximum Gasteiger partial charge on any atom is 0.243 e. The van der Waals surface area contributed by atoms with Gasteiger partial charge in [0, 0.05) is 13.1 Å². The summed E-state index contributed by atoms with van der Waals surface area (Å²) in [5, 5.41) is 0. The van der Waals surface area contributed by atoms with Crippen molar-refractivity contribution in [1.29, 1.82) is 0 Å². The number of aryl methyl sites for hydroxylation is 1. The molecule has 0 saturated carbocycles. The molecule has 0 spiro atoms. The molecule has 0 aromatic heterocycles. The fourth-order valence-corrected chi connectivity index (χ4v) is 5.46. The Morgan fingerprint density at radius 2 is 1.89 bits per heavy atom. The summed E-state index contributed by atoms with van der Waals surface area (Å²) in [5.41, 5.74) is 1.07. The third-order valence-corrected chi connectivity index (χ3v) is 6.65. The minimum Gasteiger partial charge on any atom is -0.207 e. The van der Waals surface area contributed by atoms with E-state index in [-0.39, 0.29) is 2.33 Å². The van der Waals surface area contributed by atoms with Crippen molar-refractivity contribution in [1.82, 2.24) is 4.31 Å². The van der Waals surface area contributed by atoms with E-state index in [2.05, 4.69) is 38.5 Å². The number of hydrogen-bond donors (Lipinski definition) is 0. The second kappa shape index (κ2) is 5.99. The summed E-state index contributed by atoms with van der Waals surface area (Å²) in [5.74, 6) is 0. The van der Waals surface area contributed by atoms with Crippen LogP contribution in [0.15, 0.2) is 29.2 Å². The molecule has 0 aliphatic carbocycles. The second-order valence-corrected chi connectivity index (χ2v) is 12.0. The first-order valence-electron chi connectivity index (χ1n) is 6.26. The molecule has 0 N–H and O–H groups in total. The van der Waals surface area contributed by atoms with Gasteiger partial charge in [0.2, 0.25) is 10.0 Å². The highest BCUT2D eigenvalue weighted by atomic mass is 127. The molecule has 0 amide bonds. The predicted octanol–water partition coefficient (Wildman–Crippen LogP) is 3.70. The Hall–Kier alpha value is 0.340. The number of nitrogens with zero attached hydrogens (tertiary/aromatic N) is 1. The normalized spacial score (nSPS) is 26.1. The van der Waals surface area contributed by atoms with Gasteiger partial charge >= 0.3 is 0 Å². The summed E-state index contributed by atoms with van der Waals surface area (Å²) in [7, 11) is -3.37. The Kier molecular flexibility index (Phi) is 4.96. The Bertz CT molecular complexity index is 542. The average molecular weight is 458 g/mol. The SMILES string of the molecule is Cc1ccc(S(=O)(=O)N2CCCCC(Br)(I)C2)cc1. The van der Waals surface area contributed by atoms with Gasteiger partial charge in [-0.3, -0.25) is 0 Å². The molecule has 6 heteroatoms. The van der Waals surface area contributed by atoms with Crippen LogP contribution in [0.2, 0.25) is 0 Å². The van der Waals surface area contributed by atoms with Crippen LogP contribution < -0.4 is 0 Å². The van der Waals surface area contributed by atoms with Gasteiger partial charge in [0.25, 0.3) is 0 Å². The van der Waals surface area contributed by atoms with Crippen molar-refractivity contribution < 1.29 is 8.42 Å². The maximum atomic E-state index is 12.6. The van der Waals surface area contributed by atoms with Gasteiger partial charge in [-0.15, -0.1) is 0 Å². The van der Waals surface area contributed by atoms with Crippen molar-refractivity contribution in [2.45, 2.75) is 33.4 Å². The molecule has 1 saturated heterocycles. The maximum absolute atomic E-state index is 12.6. The van der Waals surface area contributed by atoms with Gasteiger partial charge in [0.1, 0.15) is 0 Å². The highest BCUT2D eigenvalue weighted by molar-refractivity contribution is 14.1. The van der Waals surface area contributed by atoms with Crippen LogP contribution in [-0.2, 0) is 10.0 Å². The molecule has 1 aliphatic rings. The number of benzene rings is 1. The van der Waals surface area contributed by atoms with Crippen LogP contribution in [0.1, 0.15) is 24.8 Å². The highest BCUT2D eigenvalue weighted by Gasteiger charge is 2.34. The van der Waals surface area contributed by atoms with E-state index in [1.165, 1.54) is 0 Å². The lowest BCUT2D eigenvalue weighted by atomic mass is 10.2. The van der Waals surface area contributed by atoms with Gasteiger partial charge in [-0.05, 0) is 38.3 Å². The molecule has 1 atom stereocenters. The molecule has 1 aliphatic heterocycles. The van der Waals surface area contributed by atoms with E-state index in [1.54, 1.807) is 16.4 Å². The summed E-state index contributed by atoms with van der Waals surface area (Å²) in [6, 6.07) is 7.07. The summed E-state index contributed by atoms with van der Waals surface area (Å²) in [6.45, 7) is 3.08. The Morgan fingerprint density at radius 1 is 1.26 bits per heavy atom. The molecule has 3 nitrogen and oxygen atoms in total. The Balaban J connectivity index is 2.30. The molecule has 106 valence electrons. The first-order valence-corrected chi connectivity index (χ1v) is 9.57. The molecule has 1 aromatic rings. The van der Waals surface area contributed by atoms with E-state index in [9.17, 15) is 8.42 Å². The number of rotatable bonds is 2. The van der Waals surface area contributed by atoms with E-state index >= 15 is 0 Å². The largest absolute Gasteiger partial charge is 0.243 e.